The van der Waals surface area contributed by atoms with Crippen molar-refractivity contribution in [2.45, 2.75) is 50.9 Å². The smallest absolute Gasteiger partial charge is 0.123 e. The molecule has 1 aliphatic heterocycles. The van der Waals surface area contributed by atoms with Gasteiger partial charge in [-0.05, 0) is 32.3 Å². The van der Waals surface area contributed by atoms with Gasteiger partial charge in [-0.2, -0.15) is 0 Å². The first-order chi connectivity index (χ1) is 10.3. The molecule has 1 saturated heterocycles. The quantitative estimate of drug-likeness (QED) is 0.803. The highest BCUT2D eigenvalue weighted by Gasteiger charge is 2.38. The van der Waals surface area contributed by atoms with Crippen molar-refractivity contribution in [3.63, 3.8) is 0 Å². The highest BCUT2D eigenvalue weighted by atomic mass is 16.5. The third kappa shape index (κ3) is 3.76. The molecule has 4 nitrogen and oxygen atoms in total. The van der Waals surface area contributed by atoms with Crippen LogP contribution in [0.15, 0.2) is 24.3 Å². The minimum atomic E-state index is 0.0538. The number of rotatable bonds is 7. The first-order valence-electron chi connectivity index (χ1n) is 8.08. The van der Waals surface area contributed by atoms with E-state index in [-0.39, 0.29) is 6.61 Å². The number of nitrogens with one attached hydrogen (secondary N) is 1. The first-order valence-corrected chi connectivity index (χ1v) is 8.08. The van der Waals surface area contributed by atoms with E-state index in [2.05, 4.69) is 23.2 Å². The van der Waals surface area contributed by atoms with E-state index in [9.17, 15) is 0 Å². The van der Waals surface area contributed by atoms with Gasteiger partial charge in [-0.15, -0.1) is 0 Å². The largest absolute Gasteiger partial charge is 0.491 e. The molecule has 1 aromatic rings. The van der Waals surface area contributed by atoms with Crippen molar-refractivity contribution in [3.05, 3.63) is 29.8 Å². The SMILES string of the molecule is CC1CC(NCc2ccccc2OCCO)CN1C1CC1. The number of ether oxygens (including phenoxy) is 1. The molecular formula is C17H26N2O2. The summed E-state index contributed by atoms with van der Waals surface area (Å²) in [6.45, 7) is 4.76. The lowest BCUT2D eigenvalue weighted by Gasteiger charge is -2.20. The molecule has 1 heterocycles. The summed E-state index contributed by atoms with van der Waals surface area (Å²) in [7, 11) is 0. The van der Waals surface area contributed by atoms with Crippen LogP contribution in [0.1, 0.15) is 31.7 Å². The molecule has 1 aromatic carbocycles. The minimum absolute atomic E-state index is 0.0538. The van der Waals surface area contributed by atoms with Gasteiger partial charge in [0.15, 0.2) is 0 Å². The lowest BCUT2D eigenvalue weighted by atomic mass is 10.1. The molecule has 4 heteroatoms. The topological polar surface area (TPSA) is 44.7 Å². The maximum atomic E-state index is 8.89. The fourth-order valence-corrected chi connectivity index (χ4v) is 3.32. The van der Waals surface area contributed by atoms with Crippen molar-refractivity contribution in [1.82, 2.24) is 10.2 Å². The summed E-state index contributed by atoms with van der Waals surface area (Å²) < 4.78 is 5.59. The molecule has 2 fully saturated rings. The predicted octanol–water partition coefficient (Wildman–Crippen LogP) is 1.77. The van der Waals surface area contributed by atoms with E-state index < -0.39 is 0 Å². The second-order valence-electron chi connectivity index (χ2n) is 6.27. The number of hydrogen-bond acceptors (Lipinski definition) is 4. The first kappa shape index (κ1) is 14.8. The Labute approximate surface area is 127 Å². The van der Waals surface area contributed by atoms with Crippen LogP contribution in [-0.4, -0.2) is 47.9 Å². The number of para-hydroxylation sites is 1. The van der Waals surface area contributed by atoms with Gasteiger partial charge in [0.2, 0.25) is 0 Å². The second kappa shape index (κ2) is 6.77. The van der Waals surface area contributed by atoms with E-state index in [4.69, 9.17) is 9.84 Å². The molecule has 1 saturated carbocycles. The Hall–Kier alpha value is -1.10. The van der Waals surface area contributed by atoms with Crippen molar-refractivity contribution in [1.29, 1.82) is 0 Å². The molecule has 2 aliphatic rings. The summed E-state index contributed by atoms with van der Waals surface area (Å²) in [4.78, 5) is 2.66. The van der Waals surface area contributed by atoms with Gasteiger partial charge in [0.25, 0.3) is 0 Å². The van der Waals surface area contributed by atoms with Crippen LogP contribution in [0.25, 0.3) is 0 Å². The van der Waals surface area contributed by atoms with Crippen LogP contribution in [0, 0.1) is 0 Å². The molecule has 0 spiro atoms. The monoisotopic (exact) mass is 290 g/mol. The Morgan fingerprint density at radius 2 is 2.14 bits per heavy atom. The van der Waals surface area contributed by atoms with Gasteiger partial charge in [-0.25, -0.2) is 0 Å². The molecule has 2 N–H and O–H groups in total. The number of aliphatic hydroxyl groups excluding tert-OH is 1. The van der Waals surface area contributed by atoms with Gasteiger partial charge in [0.05, 0.1) is 6.61 Å². The zero-order valence-electron chi connectivity index (χ0n) is 12.8. The van der Waals surface area contributed by atoms with Gasteiger partial charge in [-0.3, -0.25) is 4.90 Å². The Bertz CT molecular complexity index is 462. The summed E-state index contributed by atoms with van der Waals surface area (Å²) in [5.74, 6) is 0.879. The third-order valence-corrected chi connectivity index (χ3v) is 4.54. The van der Waals surface area contributed by atoms with E-state index >= 15 is 0 Å². The number of aliphatic hydroxyl groups is 1. The molecule has 2 unspecified atom stereocenters. The predicted molar refractivity (Wildman–Crippen MR) is 83.5 cm³/mol. The van der Waals surface area contributed by atoms with Crippen LogP contribution in [0.3, 0.4) is 0 Å². The Balaban J connectivity index is 1.53. The average molecular weight is 290 g/mol. The third-order valence-electron chi connectivity index (χ3n) is 4.54. The lowest BCUT2D eigenvalue weighted by Crippen LogP contribution is -2.33. The Kier molecular flexibility index (Phi) is 4.78. The molecule has 2 atom stereocenters. The molecule has 0 amide bonds. The Morgan fingerprint density at radius 3 is 2.90 bits per heavy atom. The van der Waals surface area contributed by atoms with Gasteiger partial charge >= 0.3 is 0 Å². The fourth-order valence-electron chi connectivity index (χ4n) is 3.32. The Morgan fingerprint density at radius 1 is 1.33 bits per heavy atom. The van der Waals surface area contributed by atoms with Crippen LogP contribution in [-0.2, 0) is 6.54 Å². The standard InChI is InChI=1S/C17H26N2O2/c1-13-10-15(12-19(13)16-6-7-16)18-11-14-4-2-3-5-17(14)21-9-8-20/h2-5,13,15-16,18,20H,6-12H2,1H3. The average Bonchev–Trinajstić information content (AvgIpc) is 3.27. The van der Waals surface area contributed by atoms with E-state index in [1.807, 2.05) is 18.2 Å². The number of benzene rings is 1. The van der Waals surface area contributed by atoms with Crippen LogP contribution < -0.4 is 10.1 Å². The van der Waals surface area contributed by atoms with Crippen LogP contribution in [0.2, 0.25) is 0 Å². The van der Waals surface area contributed by atoms with Gasteiger partial charge in [-0.1, -0.05) is 18.2 Å². The van der Waals surface area contributed by atoms with E-state index in [1.165, 1.54) is 31.4 Å². The summed E-state index contributed by atoms with van der Waals surface area (Å²) in [5, 5.41) is 12.6. The van der Waals surface area contributed by atoms with Gasteiger partial charge in [0.1, 0.15) is 12.4 Å². The van der Waals surface area contributed by atoms with Crippen molar-refractivity contribution >= 4 is 0 Å². The highest BCUT2D eigenvalue weighted by molar-refractivity contribution is 5.33. The summed E-state index contributed by atoms with van der Waals surface area (Å²) >= 11 is 0. The normalized spacial score (nSPS) is 26.2. The fraction of sp³-hybridized carbons (Fsp3) is 0.647. The van der Waals surface area contributed by atoms with Crippen LogP contribution in [0.5, 0.6) is 5.75 Å². The molecule has 1 aliphatic carbocycles. The van der Waals surface area contributed by atoms with Crippen molar-refractivity contribution in [2.75, 3.05) is 19.8 Å². The molecular weight excluding hydrogens is 264 g/mol. The number of likely N-dealkylation sites (tertiary alicyclic amines) is 1. The molecule has 0 aromatic heterocycles. The highest BCUT2D eigenvalue weighted by Crippen LogP contribution is 2.33. The van der Waals surface area contributed by atoms with E-state index in [1.54, 1.807) is 0 Å². The van der Waals surface area contributed by atoms with Gasteiger partial charge < -0.3 is 15.2 Å². The molecule has 21 heavy (non-hydrogen) atoms. The van der Waals surface area contributed by atoms with E-state index in [0.717, 1.165) is 18.3 Å². The van der Waals surface area contributed by atoms with Crippen molar-refractivity contribution in [2.24, 2.45) is 0 Å². The molecule has 3 rings (SSSR count). The van der Waals surface area contributed by atoms with Gasteiger partial charge in [0, 0.05) is 36.8 Å². The number of nitrogens with zero attached hydrogens (tertiary/aromatic N) is 1. The summed E-state index contributed by atoms with van der Waals surface area (Å²) in [5.41, 5.74) is 1.17. The van der Waals surface area contributed by atoms with Crippen molar-refractivity contribution in [3.8, 4) is 5.75 Å². The lowest BCUT2D eigenvalue weighted by molar-refractivity contribution is 0.200. The zero-order chi connectivity index (χ0) is 14.7. The second-order valence-corrected chi connectivity index (χ2v) is 6.27. The van der Waals surface area contributed by atoms with Crippen molar-refractivity contribution < 1.29 is 9.84 Å². The van der Waals surface area contributed by atoms with Crippen LogP contribution in [0.4, 0.5) is 0 Å². The molecule has 0 radical (unpaired) electrons. The maximum Gasteiger partial charge on any atom is 0.123 e. The van der Waals surface area contributed by atoms with E-state index in [0.29, 0.717) is 18.7 Å². The molecule has 116 valence electrons. The summed E-state index contributed by atoms with van der Waals surface area (Å²) in [6.07, 6.45) is 4.00. The zero-order valence-corrected chi connectivity index (χ0v) is 12.8. The summed E-state index contributed by atoms with van der Waals surface area (Å²) in [6, 6.07) is 10.2. The molecule has 0 bridgehead atoms. The minimum Gasteiger partial charge on any atom is -0.491 e. The van der Waals surface area contributed by atoms with Crippen LogP contribution >= 0.6 is 0 Å². The maximum absolute atomic E-state index is 8.89. The number of hydrogen-bond donors (Lipinski definition) is 2.